The Morgan fingerprint density at radius 1 is 1.50 bits per heavy atom. The molecule has 1 aliphatic rings. The fourth-order valence-electron chi connectivity index (χ4n) is 2.07. The molecule has 1 saturated carbocycles. The first-order valence-corrected chi connectivity index (χ1v) is 8.48. The minimum atomic E-state index is -3.56. The van der Waals surface area contributed by atoms with Gasteiger partial charge in [-0.05, 0) is 31.4 Å². The number of aliphatic hydroxyl groups is 1. The van der Waals surface area contributed by atoms with E-state index in [0.717, 1.165) is 29.7 Å². The van der Waals surface area contributed by atoms with E-state index < -0.39 is 15.6 Å². The number of hydrogen-bond donors (Lipinski definition) is 2. The molecule has 102 valence electrons. The molecule has 0 radical (unpaired) electrons. The highest BCUT2D eigenvalue weighted by Crippen LogP contribution is 2.31. The van der Waals surface area contributed by atoms with Crippen molar-refractivity contribution >= 4 is 33.0 Å². The van der Waals surface area contributed by atoms with Gasteiger partial charge in [0.15, 0.2) is 0 Å². The van der Waals surface area contributed by atoms with Crippen LogP contribution in [-0.4, -0.2) is 25.7 Å². The summed E-state index contributed by atoms with van der Waals surface area (Å²) >= 11 is 6.90. The van der Waals surface area contributed by atoms with E-state index in [-0.39, 0.29) is 10.8 Å². The molecule has 0 aliphatic heterocycles. The molecule has 1 heterocycles. The molecule has 7 heteroatoms. The lowest BCUT2D eigenvalue weighted by Crippen LogP contribution is -2.40. The summed E-state index contributed by atoms with van der Waals surface area (Å²) in [5.41, 5.74) is -0.134. The van der Waals surface area contributed by atoms with E-state index in [2.05, 4.69) is 4.72 Å². The van der Waals surface area contributed by atoms with Gasteiger partial charge in [-0.2, -0.15) is 0 Å². The molecule has 0 saturated heterocycles. The molecule has 1 aliphatic carbocycles. The predicted molar refractivity (Wildman–Crippen MR) is 72.7 cm³/mol. The highest BCUT2D eigenvalue weighted by molar-refractivity contribution is 7.91. The number of nitrogens with one attached hydrogen (secondary N) is 1. The standard InChI is InChI=1S/C11H16ClNO3S2/c1-8-6-9(17-10(8)12)18(15,16)13-7-11(14)4-2-3-5-11/h6,13-14H,2-5,7H2,1H3. The second-order valence-corrected chi connectivity index (χ2v) is 8.43. The zero-order chi connectivity index (χ0) is 13.4. The van der Waals surface area contributed by atoms with Crippen LogP contribution in [0.4, 0.5) is 0 Å². The van der Waals surface area contributed by atoms with Gasteiger partial charge >= 0.3 is 0 Å². The first-order chi connectivity index (χ1) is 8.32. The van der Waals surface area contributed by atoms with Crippen LogP contribution < -0.4 is 4.72 Å². The van der Waals surface area contributed by atoms with Gasteiger partial charge in [-0.1, -0.05) is 24.4 Å². The Kier molecular flexibility index (Phi) is 4.04. The molecule has 4 nitrogen and oxygen atoms in total. The normalized spacial score (nSPS) is 19.3. The van der Waals surface area contributed by atoms with Crippen molar-refractivity contribution in [2.75, 3.05) is 6.54 Å². The van der Waals surface area contributed by atoms with Crippen molar-refractivity contribution < 1.29 is 13.5 Å². The SMILES string of the molecule is Cc1cc(S(=O)(=O)NCC2(O)CCCC2)sc1Cl. The maximum atomic E-state index is 12.0. The van der Waals surface area contributed by atoms with Crippen LogP contribution >= 0.6 is 22.9 Å². The Bertz CT molecular complexity index is 513. The van der Waals surface area contributed by atoms with Crippen molar-refractivity contribution in [3.63, 3.8) is 0 Å². The van der Waals surface area contributed by atoms with E-state index in [1.54, 1.807) is 13.0 Å². The summed E-state index contributed by atoms with van der Waals surface area (Å²) in [6.07, 6.45) is 3.20. The summed E-state index contributed by atoms with van der Waals surface area (Å²) in [4.78, 5) is 0. The minimum Gasteiger partial charge on any atom is -0.389 e. The van der Waals surface area contributed by atoms with E-state index >= 15 is 0 Å². The molecule has 0 spiro atoms. The molecule has 0 amide bonds. The summed E-state index contributed by atoms with van der Waals surface area (Å²) in [5, 5.41) is 10.1. The van der Waals surface area contributed by atoms with Crippen LogP contribution in [0.3, 0.4) is 0 Å². The fraction of sp³-hybridized carbons (Fsp3) is 0.636. The molecule has 1 aromatic heterocycles. The van der Waals surface area contributed by atoms with Crippen molar-refractivity contribution in [3.05, 3.63) is 16.0 Å². The molecular formula is C11H16ClNO3S2. The minimum absolute atomic E-state index is 0.0733. The largest absolute Gasteiger partial charge is 0.389 e. The summed E-state index contributed by atoms with van der Waals surface area (Å²) in [7, 11) is -3.56. The summed E-state index contributed by atoms with van der Waals surface area (Å²) < 4.78 is 27.2. The lowest BCUT2D eigenvalue weighted by atomic mass is 10.0. The van der Waals surface area contributed by atoms with Gasteiger partial charge in [0.05, 0.1) is 9.94 Å². The summed E-state index contributed by atoms with van der Waals surface area (Å²) in [5.74, 6) is 0. The van der Waals surface area contributed by atoms with Crippen LogP contribution in [0.15, 0.2) is 10.3 Å². The molecule has 1 aromatic rings. The van der Waals surface area contributed by atoms with E-state index in [1.165, 1.54) is 0 Å². The molecule has 2 N–H and O–H groups in total. The maximum Gasteiger partial charge on any atom is 0.250 e. The average Bonchev–Trinajstić information content (AvgIpc) is 2.86. The molecular weight excluding hydrogens is 294 g/mol. The van der Waals surface area contributed by atoms with Gasteiger partial charge in [-0.3, -0.25) is 0 Å². The Morgan fingerprint density at radius 2 is 2.11 bits per heavy atom. The fourth-order valence-corrected chi connectivity index (χ4v) is 4.95. The number of thiophene rings is 1. The smallest absolute Gasteiger partial charge is 0.250 e. The van der Waals surface area contributed by atoms with Crippen molar-refractivity contribution in [2.24, 2.45) is 0 Å². The summed E-state index contributed by atoms with van der Waals surface area (Å²) in [6, 6.07) is 1.55. The third-order valence-corrected chi connectivity index (χ3v) is 6.65. The first-order valence-electron chi connectivity index (χ1n) is 5.80. The number of aryl methyl sites for hydroxylation is 1. The third-order valence-electron chi connectivity index (χ3n) is 3.22. The average molecular weight is 310 g/mol. The second kappa shape index (κ2) is 5.09. The Morgan fingerprint density at radius 3 is 2.61 bits per heavy atom. The number of rotatable bonds is 4. The molecule has 18 heavy (non-hydrogen) atoms. The lowest BCUT2D eigenvalue weighted by molar-refractivity contribution is 0.0532. The molecule has 0 unspecified atom stereocenters. The van der Waals surface area contributed by atoms with Crippen LogP contribution in [0.1, 0.15) is 31.2 Å². The Hall–Kier alpha value is -0.140. The van der Waals surface area contributed by atoms with Gasteiger partial charge in [-0.25, -0.2) is 13.1 Å². The van der Waals surface area contributed by atoms with E-state index in [9.17, 15) is 13.5 Å². The van der Waals surface area contributed by atoms with E-state index in [0.29, 0.717) is 17.2 Å². The van der Waals surface area contributed by atoms with Gasteiger partial charge < -0.3 is 5.11 Å². The van der Waals surface area contributed by atoms with Crippen LogP contribution in [0.2, 0.25) is 4.34 Å². The van der Waals surface area contributed by atoms with Crippen molar-refractivity contribution in [1.29, 1.82) is 0 Å². The quantitative estimate of drug-likeness (QED) is 0.897. The number of halogens is 1. The lowest BCUT2D eigenvalue weighted by Gasteiger charge is -2.21. The van der Waals surface area contributed by atoms with E-state index in [4.69, 9.17) is 11.6 Å². The molecule has 0 bridgehead atoms. The molecule has 0 atom stereocenters. The third kappa shape index (κ3) is 3.05. The zero-order valence-electron chi connectivity index (χ0n) is 10.1. The van der Waals surface area contributed by atoms with Gasteiger partial charge in [-0.15, -0.1) is 11.3 Å². The molecule has 0 aromatic carbocycles. The monoisotopic (exact) mass is 309 g/mol. The highest BCUT2D eigenvalue weighted by Gasteiger charge is 2.32. The van der Waals surface area contributed by atoms with Gasteiger partial charge in [0.1, 0.15) is 4.21 Å². The highest BCUT2D eigenvalue weighted by atomic mass is 35.5. The van der Waals surface area contributed by atoms with Gasteiger partial charge in [0, 0.05) is 6.54 Å². The topological polar surface area (TPSA) is 66.4 Å². The van der Waals surface area contributed by atoms with Crippen LogP contribution in [-0.2, 0) is 10.0 Å². The van der Waals surface area contributed by atoms with Gasteiger partial charge in [0.2, 0.25) is 10.0 Å². The molecule has 1 fully saturated rings. The van der Waals surface area contributed by atoms with Gasteiger partial charge in [0.25, 0.3) is 0 Å². The van der Waals surface area contributed by atoms with Crippen LogP contribution in [0.25, 0.3) is 0 Å². The second-order valence-electron chi connectivity index (χ2n) is 4.78. The number of hydrogen-bond acceptors (Lipinski definition) is 4. The number of sulfonamides is 1. The Balaban J connectivity index is 2.08. The zero-order valence-corrected chi connectivity index (χ0v) is 12.5. The van der Waals surface area contributed by atoms with E-state index in [1.807, 2.05) is 0 Å². The molecule has 2 rings (SSSR count). The van der Waals surface area contributed by atoms with Crippen molar-refractivity contribution in [2.45, 2.75) is 42.4 Å². The van der Waals surface area contributed by atoms with Crippen LogP contribution in [0, 0.1) is 6.92 Å². The van der Waals surface area contributed by atoms with Crippen molar-refractivity contribution in [3.8, 4) is 0 Å². The van der Waals surface area contributed by atoms with Crippen molar-refractivity contribution in [1.82, 2.24) is 4.72 Å². The van der Waals surface area contributed by atoms with Crippen LogP contribution in [0.5, 0.6) is 0 Å². The predicted octanol–water partition coefficient (Wildman–Crippen LogP) is 2.29. The summed E-state index contributed by atoms with van der Waals surface area (Å²) in [6.45, 7) is 1.84. The first kappa shape index (κ1) is 14.3. The Labute approximate surface area is 116 Å². The maximum absolute atomic E-state index is 12.0.